The highest BCUT2D eigenvalue weighted by atomic mass is 16.5. The molecule has 2 saturated heterocycles. The van der Waals surface area contributed by atoms with Crippen LogP contribution in [0.1, 0.15) is 48.9 Å². The molecule has 2 fully saturated rings. The average molecular weight is 386 g/mol. The molecule has 3 heterocycles. The highest BCUT2D eigenvalue weighted by Crippen LogP contribution is 2.35. The van der Waals surface area contributed by atoms with Crippen LogP contribution in [0.25, 0.3) is 0 Å². The normalized spacial score (nSPS) is 23.0. The number of hydrogen-bond acceptors (Lipinski definition) is 4. The number of fused-ring (bicyclic) bond motifs is 1. The third-order valence-electron chi connectivity index (χ3n) is 6.39. The Morgan fingerprint density at radius 3 is 2.43 bits per heavy atom. The number of nitrogens with zero attached hydrogens (tertiary/aromatic N) is 3. The van der Waals surface area contributed by atoms with Crippen LogP contribution >= 0.6 is 0 Å². The molecule has 0 radical (unpaired) electrons. The summed E-state index contributed by atoms with van der Waals surface area (Å²) in [4.78, 5) is 32.2. The van der Waals surface area contributed by atoms with Gasteiger partial charge in [0.2, 0.25) is 5.91 Å². The van der Waals surface area contributed by atoms with Crippen LogP contribution in [0.3, 0.4) is 0 Å². The number of amides is 2. The molecular weight excluding hydrogens is 354 g/mol. The maximum atomic E-state index is 13.3. The Morgan fingerprint density at radius 1 is 1.04 bits per heavy atom. The van der Waals surface area contributed by atoms with Gasteiger partial charge in [-0.05, 0) is 32.0 Å². The van der Waals surface area contributed by atoms with Gasteiger partial charge in [-0.1, -0.05) is 25.0 Å². The second-order valence-electron chi connectivity index (χ2n) is 8.54. The SMILES string of the molecule is CN1CCC2(CC1)CN(CC(=O)N1CCCCCC1)C(=O)c1ccccc1O2. The lowest BCUT2D eigenvalue weighted by molar-refractivity contribution is -0.132. The van der Waals surface area contributed by atoms with Crippen LogP contribution in [0.4, 0.5) is 0 Å². The zero-order valence-electron chi connectivity index (χ0n) is 16.9. The van der Waals surface area contributed by atoms with Gasteiger partial charge >= 0.3 is 0 Å². The summed E-state index contributed by atoms with van der Waals surface area (Å²) in [6.07, 6.45) is 6.21. The van der Waals surface area contributed by atoms with Crippen LogP contribution in [0.5, 0.6) is 5.75 Å². The molecule has 0 unspecified atom stereocenters. The topological polar surface area (TPSA) is 53.1 Å². The van der Waals surface area contributed by atoms with Gasteiger partial charge in [0.1, 0.15) is 17.9 Å². The zero-order chi connectivity index (χ0) is 19.6. The minimum absolute atomic E-state index is 0.0673. The molecule has 1 spiro atoms. The van der Waals surface area contributed by atoms with Gasteiger partial charge in [0, 0.05) is 39.0 Å². The average Bonchev–Trinajstić information content (AvgIpc) is 3.04. The molecule has 0 atom stereocenters. The number of likely N-dealkylation sites (tertiary alicyclic amines) is 2. The third-order valence-corrected chi connectivity index (χ3v) is 6.39. The Hall–Kier alpha value is -2.08. The lowest BCUT2D eigenvalue weighted by atomic mass is 9.90. The van der Waals surface area contributed by atoms with Crippen molar-refractivity contribution in [2.24, 2.45) is 0 Å². The van der Waals surface area contributed by atoms with Crippen molar-refractivity contribution < 1.29 is 14.3 Å². The van der Waals surface area contributed by atoms with Crippen molar-refractivity contribution >= 4 is 11.8 Å². The van der Waals surface area contributed by atoms with E-state index in [-0.39, 0.29) is 18.4 Å². The fourth-order valence-electron chi connectivity index (χ4n) is 4.59. The molecule has 1 aromatic rings. The van der Waals surface area contributed by atoms with Crippen LogP contribution in [0, 0.1) is 0 Å². The Bertz CT molecular complexity index is 719. The highest BCUT2D eigenvalue weighted by Gasteiger charge is 2.43. The molecule has 0 bridgehead atoms. The van der Waals surface area contributed by atoms with Crippen LogP contribution in [0.2, 0.25) is 0 Å². The van der Waals surface area contributed by atoms with E-state index in [0.717, 1.165) is 51.9 Å². The molecule has 152 valence electrons. The van der Waals surface area contributed by atoms with Gasteiger partial charge in [-0.15, -0.1) is 0 Å². The van der Waals surface area contributed by atoms with Crippen molar-refractivity contribution in [1.82, 2.24) is 14.7 Å². The Morgan fingerprint density at radius 2 is 1.71 bits per heavy atom. The molecule has 3 aliphatic rings. The Labute approximate surface area is 167 Å². The number of ether oxygens (including phenoxy) is 1. The Balaban J connectivity index is 1.58. The van der Waals surface area contributed by atoms with Gasteiger partial charge in [-0.2, -0.15) is 0 Å². The molecule has 4 rings (SSSR count). The van der Waals surface area contributed by atoms with E-state index in [0.29, 0.717) is 17.9 Å². The van der Waals surface area contributed by atoms with E-state index >= 15 is 0 Å². The summed E-state index contributed by atoms with van der Waals surface area (Å²) in [5.74, 6) is 0.633. The third kappa shape index (κ3) is 4.02. The van der Waals surface area contributed by atoms with E-state index in [4.69, 9.17) is 4.74 Å². The molecule has 0 aromatic heterocycles. The summed E-state index contributed by atoms with van der Waals surface area (Å²) in [5, 5.41) is 0. The molecular formula is C22H31N3O3. The van der Waals surface area contributed by atoms with E-state index in [9.17, 15) is 9.59 Å². The second-order valence-corrected chi connectivity index (χ2v) is 8.54. The zero-order valence-corrected chi connectivity index (χ0v) is 16.9. The molecule has 0 aliphatic carbocycles. The van der Waals surface area contributed by atoms with E-state index in [1.807, 2.05) is 29.2 Å². The quantitative estimate of drug-likeness (QED) is 0.784. The number of carbonyl (C=O) groups excluding carboxylic acids is 2. The largest absolute Gasteiger partial charge is 0.484 e. The number of carbonyl (C=O) groups is 2. The summed E-state index contributed by atoms with van der Waals surface area (Å²) >= 11 is 0. The minimum Gasteiger partial charge on any atom is -0.484 e. The van der Waals surface area contributed by atoms with E-state index in [2.05, 4.69) is 11.9 Å². The summed E-state index contributed by atoms with van der Waals surface area (Å²) in [5.41, 5.74) is 0.162. The lowest BCUT2D eigenvalue weighted by Crippen LogP contribution is -2.55. The molecule has 2 amide bonds. The minimum atomic E-state index is -0.409. The first kappa shape index (κ1) is 19.2. The van der Waals surface area contributed by atoms with Crippen molar-refractivity contribution in [3.05, 3.63) is 29.8 Å². The van der Waals surface area contributed by atoms with Crippen molar-refractivity contribution in [3.8, 4) is 5.75 Å². The van der Waals surface area contributed by atoms with E-state index in [1.165, 1.54) is 12.8 Å². The fraction of sp³-hybridized carbons (Fsp3) is 0.636. The monoisotopic (exact) mass is 385 g/mol. The summed E-state index contributed by atoms with van der Waals surface area (Å²) in [6.45, 7) is 4.12. The smallest absolute Gasteiger partial charge is 0.258 e. The first-order chi connectivity index (χ1) is 13.6. The highest BCUT2D eigenvalue weighted by molar-refractivity contribution is 5.99. The van der Waals surface area contributed by atoms with E-state index in [1.54, 1.807) is 4.90 Å². The van der Waals surface area contributed by atoms with Crippen LogP contribution in [0.15, 0.2) is 24.3 Å². The number of benzene rings is 1. The Kier molecular flexibility index (Phi) is 5.58. The molecule has 28 heavy (non-hydrogen) atoms. The second kappa shape index (κ2) is 8.11. The molecule has 3 aliphatic heterocycles. The van der Waals surface area contributed by atoms with Gasteiger partial charge in [0.25, 0.3) is 5.91 Å². The molecule has 0 saturated carbocycles. The summed E-state index contributed by atoms with van der Waals surface area (Å²) in [7, 11) is 2.11. The maximum Gasteiger partial charge on any atom is 0.258 e. The maximum absolute atomic E-state index is 13.3. The van der Waals surface area contributed by atoms with Crippen LogP contribution < -0.4 is 4.74 Å². The van der Waals surface area contributed by atoms with Crippen molar-refractivity contribution in [1.29, 1.82) is 0 Å². The summed E-state index contributed by atoms with van der Waals surface area (Å²) < 4.78 is 6.47. The van der Waals surface area contributed by atoms with Gasteiger partial charge in [-0.25, -0.2) is 0 Å². The molecule has 6 nitrogen and oxygen atoms in total. The number of piperidine rings is 1. The number of rotatable bonds is 2. The molecule has 0 N–H and O–H groups in total. The van der Waals surface area contributed by atoms with Crippen LogP contribution in [-0.4, -0.2) is 78.4 Å². The predicted octanol–water partition coefficient (Wildman–Crippen LogP) is 2.39. The lowest BCUT2D eigenvalue weighted by Gasteiger charge is -2.41. The summed E-state index contributed by atoms with van der Waals surface area (Å²) in [6, 6.07) is 7.47. The van der Waals surface area contributed by atoms with Gasteiger partial charge in [0.05, 0.1) is 12.1 Å². The first-order valence-corrected chi connectivity index (χ1v) is 10.6. The van der Waals surface area contributed by atoms with Crippen molar-refractivity contribution in [2.45, 2.75) is 44.1 Å². The standard InChI is InChI=1S/C22H31N3O3/c1-23-14-10-22(11-15-23)17-25(16-20(26)24-12-6-2-3-7-13-24)21(27)18-8-4-5-9-19(18)28-22/h4-5,8-9H,2-3,6-7,10-17H2,1H3. The molecule has 1 aromatic carbocycles. The van der Waals surface area contributed by atoms with E-state index < -0.39 is 5.60 Å². The number of para-hydroxylation sites is 1. The first-order valence-electron chi connectivity index (χ1n) is 10.6. The van der Waals surface area contributed by atoms with Crippen molar-refractivity contribution in [2.75, 3.05) is 46.3 Å². The van der Waals surface area contributed by atoms with Crippen molar-refractivity contribution in [3.63, 3.8) is 0 Å². The van der Waals surface area contributed by atoms with Gasteiger partial charge < -0.3 is 19.4 Å². The van der Waals surface area contributed by atoms with Gasteiger partial charge in [0.15, 0.2) is 0 Å². The number of hydrogen-bond donors (Lipinski definition) is 0. The van der Waals surface area contributed by atoms with Crippen LogP contribution in [-0.2, 0) is 4.79 Å². The predicted molar refractivity (Wildman–Crippen MR) is 107 cm³/mol. The fourth-order valence-corrected chi connectivity index (χ4v) is 4.59. The molecule has 6 heteroatoms. The van der Waals surface area contributed by atoms with Gasteiger partial charge in [-0.3, -0.25) is 9.59 Å².